The summed E-state index contributed by atoms with van der Waals surface area (Å²) >= 11 is 5.99. The van der Waals surface area contributed by atoms with Crippen molar-refractivity contribution in [2.24, 2.45) is 0 Å². The Morgan fingerprint density at radius 1 is 1.17 bits per heavy atom. The van der Waals surface area contributed by atoms with Gasteiger partial charge >= 0.3 is 6.18 Å². The van der Waals surface area contributed by atoms with E-state index in [9.17, 15) is 18.0 Å². The summed E-state index contributed by atoms with van der Waals surface area (Å²) in [5, 5.41) is 2.91. The lowest BCUT2D eigenvalue weighted by atomic mass is 10.2. The van der Waals surface area contributed by atoms with Crippen molar-refractivity contribution >= 4 is 23.2 Å². The average Bonchev–Trinajstić information content (AvgIpc) is 2.53. The molecule has 7 heteroatoms. The standard InChI is InChI=1S/C17H15ClF3NO2/c1-2-14(24-15-6-4-3-5-13(15)18)16(23)22-12-9-7-11(8-10-12)17(19,20)21/h3-10,14H,2H2,1H3,(H,22,23)/t14-/m1/s1. The molecule has 0 heterocycles. The number of rotatable bonds is 5. The number of benzene rings is 2. The number of ether oxygens (including phenoxy) is 1. The van der Waals surface area contributed by atoms with Crippen LogP contribution in [-0.4, -0.2) is 12.0 Å². The molecular weight excluding hydrogens is 343 g/mol. The van der Waals surface area contributed by atoms with E-state index in [0.29, 0.717) is 17.2 Å². The lowest BCUT2D eigenvalue weighted by Gasteiger charge is -2.18. The Morgan fingerprint density at radius 3 is 2.33 bits per heavy atom. The van der Waals surface area contributed by atoms with Gasteiger partial charge in [0.25, 0.3) is 5.91 Å². The largest absolute Gasteiger partial charge is 0.479 e. The first-order valence-corrected chi connectivity index (χ1v) is 7.58. The van der Waals surface area contributed by atoms with E-state index in [2.05, 4.69) is 5.32 Å². The highest BCUT2D eigenvalue weighted by Gasteiger charge is 2.30. The van der Waals surface area contributed by atoms with Crippen LogP contribution in [0.25, 0.3) is 0 Å². The van der Waals surface area contributed by atoms with E-state index in [1.165, 1.54) is 12.1 Å². The predicted molar refractivity (Wildman–Crippen MR) is 86.2 cm³/mol. The summed E-state index contributed by atoms with van der Waals surface area (Å²) in [6, 6.07) is 10.9. The van der Waals surface area contributed by atoms with Crippen LogP contribution >= 0.6 is 11.6 Å². The lowest BCUT2D eigenvalue weighted by Crippen LogP contribution is -2.32. The fourth-order valence-corrected chi connectivity index (χ4v) is 2.16. The first-order chi connectivity index (χ1) is 11.3. The zero-order chi connectivity index (χ0) is 17.7. The molecule has 2 aromatic rings. The maximum atomic E-state index is 12.5. The monoisotopic (exact) mass is 357 g/mol. The second-order valence-electron chi connectivity index (χ2n) is 5.01. The van der Waals surface area contributed by atoms with Crippen LogP contribution in [0.4, 0.5) is 18.9 Å². The maximum absolute atomic E-state index is 12.5. The van der Waals surface area contributed by atoms with Crippen LogP contribution in [0.5, 0.6) is 5.75 Å². The molecule has 2 aromatic carbocycles. The zero-order valence-electron chi connectivity index (χ0n) is 12.7. The summed E-state index contributed by atoms with van der Waals surface area (Å²) in [7, 11) is 0. The Hall–Kier alpha value is -2.21. The molecule has 0 aliphatic rings. The quantitative estimate of drug-likeness (QED) is 0.803. The zero-order valence-corrected chi connectivity index (χ0v) is 13.5. The molecule has 2 rings (SSSR count). The van der Waals surface area contributed by atoms with Crippen LogP contribution in [0, 0.1) is 0 Å². The van der Waals surface area contributed by atoms with Gasteiger partial charge in [-0.2, -0.15) is 13.2 Å². The molecular formula is C17H15ClF3NO2. The smallest absolute Gasteiger partial charge is 0.416 e. The number of nitrogens with one attached hydrogen (secondary N) is 1. The lowest BCUT2D eigenvalue weighted by molar-refractivity contribution is -0.137. The van der Waals surface area contributed by atoms with Gasteiger partial charge in [0.05, 0.1) is 10.6 Å². The van der Waals surface area contributed by atoms with Crippen molar-refractivity contribution in [2.45, 2.75) is 25.6 Å². The minimum absolute atomic E-state index is 0.259. The molecule has 0 radical (unpaired) electrons. The Kier molecular flexibility index (Phi) is 5.72. The Balaban J connectivity index is 2.05. The van der Waals surface area contributed by atoms with E-state index in [0.717, 1.165) is 12.1 Å². The number of carbonyl (C=O) groups is 1. The van der Waals surface area contributed by atoms with Crippen molar-refractivity contribution in [3.8, 4) is 5.75 Å². The van der Waals surface area contributed by atoms with Gasteiger partial charge in [0.2, 0.25) is 0 Å². The minimum Gasteiger partial charge on any atom is -0.479 e. The number of para-hydroxylation sites is 1. The fourth-order valence-electron chi connectivity index (χ4n) is 1.98. The molecule has 0 bridgehead atoms. The second kappa shape index (κ2) is 7.57. The van der Waals surface area contributed by atoms with Crippen molar-refractivity contribution in [2.75, 3.05) is 5.32 Å². The number of carbonyl (C=O) groups excluding carboxylic acids is 1. The summed E-state index contributed by atoms with van der Waals surface area (Å²) in [6.07, 6.45) is -4.86. The summed E-state index contributed by atoms with van der Waals surface area (Å²) in [4.78, 5) is 12.2. The fraction of sp³-hybridized carbons (Fsp3) is 0.235. The van der Waals surface area contributed by atoms with Gasteiger partial charge in [0.15, 0.2) is 6.10 Å². The molecule has 0 saturated heterocycles. The summed E-state index contributed by atoms with van der Waals surface area (Å²) < 4.78 is 43.2. The third-order valence-corrected chi connectivity index (χ3v) is 3.56. The molecule has 24 heavy (non-hydrogen) atoms. The number of amides is 1. The van der Waals surface area contributed by atoms with Crippen LogP contribution in [-0.2, 0) is 11.0 Å². The first kappa shape index (κ1) is 18.1. The number of alkyl halides is 3. The third kappa shape index (κ3) is 4.64. The van der Waals surface area contributed by atoms with Gasteiger partial charge < -0.3 is 10.1 Å². The van der Waals surface area contributed by atoms with Crippen molar-refractivity contribution < 1.29 is 22.7 Å². The summed E-state index contributed by atoms with van der Waals surface area (Å²) in [6.45, 7) is 1.76. The van der Waals surface area contributed by atoms with Crippen LogP contribution in [0.15, 0.2) is 48.5 Å². The van der Waals surface area contributed by atoms with Crippen LogP contribution in [0.1, 0.15) is 18.9 Å². The van der Waals surface area contributed by atoms with Crippen molar-refractivity contribution in [3.63, 3.8) is 0 Å². The topological polar surface area (TPSA) is 38.3 Å². The summed E-state index contributed by atoms with van der Waals surface area (Å²) in [5.74, 6) is -0.0919. The second-order valence-corrected chi connectivity index (χ2v) is 5.42. The molecule has 128 valence electrons. The van der Waals surface area contributed by atoms with Crippen LogP contribution < -0.4 is 10.1 Å². The van der Waals surface area contributed by atoms with Gasteiger partial charge in [-0.1, -0.05) is 30.7 Å². The number of hydrogen-bond donors (Lipinski definition) is 1. The van der Waals surface area contributed by atoms with E-state index in [1.807, 2.05) is 0 Å². The SMILES string of the molecule is CC[C@@H](Oc1ccccc1Cl)C(=O)Nc1ccc(C(F)(F)F)cc1. The Labute approximate surface area is 142 Å². The van der Waals surface area contributed by atoms with E-state index in [4.69, 9.17) is 16.3 Å². The molecule has 0 aromatic heterocycles. The van der Waals surface area contributed by atoms with E-state index < -0.39 is 23.8 Å². The Bertz CT molecular complexity index is 702. The molecule has 1 N–H and O–H groups in total. The molecule has 3 nitrogen and oxygen atoms in total. The molecule has 0 aliphatic heterocycles. The van der Waals surface area contributed by atoms with Gasteiger partial charge in [-0.15, -0.1) is 0 Å². The third-order valence-electron chi connectivity index (χ3n) is 3.25. The number of anilines is 1. The molecule has 0 spiro atoms. The van der Waals surface area contributed by atoms with Crippen LogP contribution in [0.2, 0.25) is 5.02 Å². The van der Waals surface area contributed by atoms with E-state index in [-0.39, 0.29) is 5.69 Å². The van der Waals surface area contributed by atoms with Crippen molar-refractivity contribution in [1.82, 2.24) is 0 Å². The van der Waals surface area contributed by atoms with Gasteiger partial charge in [0, 0.05) is 5.69 Å². The average molecular weight is 358 g/mol. The summed E-state index contributed by atoms with van der Waals surface area (Å²) in [5.41, 5.74) is -0.519. The minimum atomic E-state index is -4.42. The highest BCUT2D eigenvalue weighted by atomic mass is 35.5. The van der Waals surface area contributed by atoms with Gasteiger partial charge in [0.1, 0.15) is 5.75 Å². The van der Waals surface area contributed by atoms with Crippen molar-refractivity contribution in [1.29, 1.82) is 0 Å². The highest BCUT2D eigenvalue weighted by molar-refractivity contribution is 6.32. The molecule has 0 saturated carbocycles. The highest BCUT2D eigenvalue weighted by Crippen LogP contribution is 2.30. The van der Waals surface area contributed by atoms with Gasteiger partial charge in [-0.25, -0.2) is 0 Å². The molecule has 0 unspecified atom stereocenters. The Morgan fingerprint density at radius 2 is 1.79 bits per heavy atom. The van der Waals surface area contributed by atoms with Crippen LogP contribution in [0.3, 0.4) is 0 Å². The molecule has 0 aliphatic carbocycles. The molecule has 1 atom stereocenters. The molecule has 0 fully saturated rings. The van der Waals surface area contributed by atoms with Gasteiger partial charge in [-0.3, -0.25) is 4.79 Å². The predicted octanol–water partition coefficient (Wildman–Crippen LogP) is 5.15. The van der Waals surface area contributed by atoms with E-state index >= 15 is 0 Å². The number of halogens is 4. The number of hydrogen-bond acceptors (Lipinski definition) is 2. The normalized spacial score (nSPS) is 12.5. The molecule has 1 amide bonds. The van der Waals surface area contributed by atoms with E-state index in [1.54, 1.807) is 31.2 Å². The van der Waals surface area contributed by atoms with Crippen molar-refractivity contribution in [3.05, 3.63) is 59.1 Å². The van der Waals surface area contributed by atoms with Gasteiger partial charge in [-0.05, 0) is 42.8 Å². The maximum Gasteiger partial charge on any atom is 0.416 e. The first-order valence-electron chi connectivity index (χ1n) is 7.20.